The highest BCUT2D eigenvalue weighted by molar-refractivity contribution is 4.88. The average molecular weight is 239 g/mol. The lowest BCUT2D eigenvalue weighted by atomic mass is 10.1. The molecule has 3 nitrogen and oxygen atoms in total. The van der Waals surface area contributed by atoms with E-state index in [1.54, 1.807) is 0 Å². The zero-order valence-electron chi connectivity index (χ0n) is 10.9. The van der Waals surface area contributed by atoms with Crippen molar-refractivity contribution < 1.29 is 9.47 Å². The molecule has 17 heavy (non-hydrogen) atoms. The first-order valence-corrected chi connectivity index (χ1v) is 7.28. The van der Waals surface area contributed by atoms with Crippen LogP contribution in [0.25, 0.3) is 0 Å². The fraction of sp³-hybridized carbons (Fsp3) is 1.00. The first-order valence-electron chi connectivity index (χ1n) is 7.28. The topological polar surface area (TPSA) is 21.7 Å². The van der Waals surface area contributed by atoms with E-state index in [1.165, 1.54) is 38.6 Å². The summed E-state index contributed by atoms with van der Waals surface area (Å²) in [4.78, 5) is 2.68. The minimum Gasteiger partial charge on any atom is -0.381 e. The lowest BCUT2D eigenvalue weighted by molar-refractivity contribution is 0.0256. The maximum absolute atomic E-state index is 5.96. The Bertz CT molecular complexity index is 249. The summed E-state index contributed by atoms with van der Waals surface area (Å²) < 4.78 is 11.4. The molecular weight excluding hydrogens is 214 g/mol. The van der Waals surface area contributed by atoms with Crippen LogP contribution in [0.5, 0.6) is 0 Å². The number of hydrogen-bond acceptors (Lipinski definition) is 3. The first-order chi connectivity index (χ1) is 8.31. The van der Waals surface area contributed by atoms with Gasteiger partial charge in [0.1, 0.15) is 0 Å². The minimum absolute atomic E-state index is 0.482. The second-order valence-electron chi connectivity index (χ2n) is 6.06. The number of rotatable bonds is 5. The summed E-state index contributed by atoms with van der Waals surface area (Å²) in [5.74, 6) is 0.773. The van der Waals surface area contributed by atoms with Gasteiger partial charge in [0.2, 0.25) is 0 Å². The zero-order chi connectivity index (χ0) is 11.7. The Hall–Kier alpha value is -0.120. The van der Waals surface area contributed by atoms with Crippen molar-refractivity contribution in [3.05, 3.63) is 0 Å². The molecule has 3 rings (SSSR count). The van der Waals surface area contributed by atoms with Crippen LogP contribution in [-0.2, 0) is 9.47 Å². The van der Waals surface area contributed by atoms with Gasteiger partial charge >= 0.3 is 0 Å². The van der Waals surface area contributed by atoms with Gasteiger partial charge in [-0.1, -0.05) is 0 Å². The smallest absolute Gasteiger partial charge is 0.0706 e. The molecule has 2 heterocycles. The molecule has 2 saturated heterocycles. The van der Waals surface area contributed by atoms with Crippen LogP contribution in [-0.4, -0.2) is 49.5 Å². The third-order valence-corrected chi connectivity index (χ3v) is 4.34. The van der Waals surface area contributed by atoms with Gasteiger partial charge in [0.25, 0.3) is 0 Å². The van der Waals surface area contributed by atoms with Crippen molar-refractivity contribution in [1.82, 2.24) is 4.90 Å². The Morgan fingerprint density at radius 3 is 2.53 bits per heavy atom. The van der Waals surface area contributed by atoms with E-state index >= 15 is 0 Å². The van der Waals surface area contributed by atoms with Crippen LogP contribution in [0.15, 0.2) is 0 Å². The monoisotopic (exact) mass is 239 g/mol. The second-order valence-corrected chi connectivity index (χ2v) is 6.06. The number of nitrogens with zero attached hydrogens (tertiary/aromatic N) is 1. The minimum atomic E-state index is 0.482. The van der Waals surface area contributed by atoms with Crippen molar-refractivity contribution in [2.45, 2.75) is 57.3 Å². The molecule has 3 heteroatoms. The van der Waals surface area contributed by atoms with Crippen molar-refractivity contribution >= 4 is 0 Å². The third kappa shape index (κ3) is 3.21. The molecule has 0 aromatic rings. The van der Waals surface area contributed by atoms with Crippen LogP contribution < -0.4 is 0 Å². The van der Waals surface area contributed by atoms with Crippen molar-refractivity contribution in [3.8, 4) is 0 Å². The molecule has 1 aliphatic carbocycles. The van der Waals surface area contributed by atoms with E-state index in [2.05, 4.69) is 11.8 Å². The van der Waals surface area contributed by atoms with Crippen LogP contribution in [0.4, 0.5) is 0 Å². The van der Waals surface area contributed by atoms with Crippen molar-refractivity contribution in [1.29, 1.82) is 0 Å². The highest BCUT2D eigenvalue weighted by atomic mass is 16.5. The Morgan fingerprint density at radius 1 is 1.06 bits per heavy atom. The molecule has 0 bridgehead atoms. The molecule has 1 saturated carbocycles. The molecular formula is C14H25NO2. The van der Waals surface area contributed by atoms with E-state index in [0.29, 0.717) is 12.2 Å². The maximum Gasteiger partial charge on any atom is 0.0706 e. The molecule has 0 N–H and O–H groups in total. The fourth-order valence-electron chi connectivity index (χ4n) is 3.15. The molecule has 0 radical (unpaired) electrons. The summed E-state index contributed by atoms with van der Waals surface area (Å²) in [5.41, 5.74) is 0. The van der Waals surface area contributed by atoms with Crippen molar-refractivity contribution in [2.75, 3.05) is 26.3 Å². The Morgan fingerprint density at radius 2 is 1.94 bits per heavy atom. The lowest BCUT2D eigenvalue weighted by Crippen LogP contribution is -2.38. The molecule has 2 aliphatic heterocycles. The number of hydrogen-bond donors (Lipinski definition) is 0. The van der Waals surface area contributed by atoms with Gasteiger partial charge in [-0.3, -0.25) is 4.90 Å². The van der Waals surface area contributed by atoms with E-state index in [0.717, 1.165) is 31.7 Å². The predicted molar refractivity (Wildman–Crippen MR) is 67.1 cm³/mol. The van der Waals surface area contributed by atoms with Gasteiger partial charge in [-0.15, -0.1) is 0 Å². The van der Waals surface area contributed by atoms with Gasteiger partial charge in [-0.05, 0) is 44.9 Å². The van der Waals surface area contributed by atoms with E-state index in [9.17, 15) is 0 Å². The van der Waals surface area contributed by atoms with Crippen LogP contribution >= 0.6 is 0 Å². The van der Waals surface area contributed by atoms with E-state index < -0.39 is 0 Å². The summed E-state index contributed by atoms with van der Waals surface area (Å²) in [5, 5.41) is 0. The number of ether oxygens (including phenoxy) is 2. The zero-order valence-corrected chi connectivity index (χ0v) is 10.9. The van der Waals surface area contributed by atoms with Crippen molar-refractivity contribution in [2.24, 2.45) is 5.92 Å². The maximum atomic E-state index is 5.96. The normalized spacial score (nSPS) is 38.1. The standard InChI is InChI=1S/C14H25NO2/c1-11-2-5-14(17-11)9-15(13-3-4-13)8-12-6-7-16-10-12/h11-14H,2-10H2,1H3/t11-,12+,14+/m1/s1. The molecule has 98 valence electrons. The summed E-state index contributed by atoms with van der Waals surface area (Å²) in [6, 6.07) is 0.857. The van der Waals surface area contributed by atoms with Gasteiger partial charge in [0.05, 0.1) is 18.8 Å². The van der Waals surface area contributed by atoms with Gasteiger partial charge in [0.15, 0.2) is 0 Å². The van der Waals surface area contributed by atoms with Gasteiger partial charge in [0, 0.05) is 25.7 Å². The van der Waals surface area contributed by atoms with Crippen molar-refractivity contribution in [3.63, 3.8) is 0 Å². The molecule has 3 aliphatic rings. The largest absolute Gasteiger partial charge is 0.381 e. The Balaban J connectivity index is 1.49. The molecule has 0 aromatic heterocycles. The van der Waals surface area contributed by atoms with Crippen LogP contribution in [0.1, 0.15) is 39.0 Å². The Kier molecular flexibility index (Phi) is 3.69. The van der Waals surface area contributed by atoms with Crippen LogP contribution in [0.2, 0.25) is 0 Å². The average Bonchev–Trinajstić information content (AvgIpc) is 2.89. The first kappa shape index (κ1) is 11.9. The highest BCUT2D eigenvalue weighted by Crippen LogP contribution is 2.31. The lowest BCUT2D eigenvalue weighted by Gasteiger charge is -2.27. The summed E-state index contributed by atoms with van der Waals surface area (Å²) in [6.07, 6.45) is 7.53. The summed E-state index contributed by atoms with van der Waals surface area (Å²) in [7, 11) is 0. The van der Waals surface area contributed by atoms with E-state index in [1.807, 2.05) is 0 Å². The van der Waals surface area contributed by atoms with Gasteiger partial charge in [-0.25, -0.2) is 0 Å². The van der Waals surface area contributed by atoms with E-state index in [4.69, 9.17) is 9.47 Å². The fourth-order valence-corrected chi connectivity index (χ4v) is 3.15. The predicted octanol–water partition coefficient (Wildman–Crippen LogP) is 2.05. The molecule has 3 fully saturated rings. The summed E-state index contributed by atoms with van der Waals surface area (Å²) in [6.45, 7) is 6.54. The van der Waals surface area contributed by atoms with Gasteiger partial charge < -0.3 is 9.47 Å². The molecule has 0 aromatic carbocycles. The third-order valence-electron chi connectivity index (χ3n) is 4.34. The second kappa shape index (κ2) is 5.25. The SMILES string of the molecule is C[C@@H]1CC[C@@H](CN(C[C@@H]2CCOC2)C2CC2)O1. The van der Waals surface area contributed by atoms with Crippen LogP contribution in [0, 0.1) is 5.92 Å². The molecule has 0 amide bonds. The molecule has 0 unspecified atom stereocenters. The van der Waals surface area contributed by atoms with Crippen LogP contribution in [0.3, 0.4) is 0 Å². The quantitative estimate of drug-likeness (QED) is 0.733. The van der Waals surface area contributed by atoms with E-state index in [-0.39, 0.29) is 0 Å². The molecule has 3 atom stereocenters. The van der Waals surface area contributed by atoms with Gasteiger partial charge in [-0.2, -0.15) is 0 Å². The Labute approximate surface area is 104 Å². The molecule has 0 spiro atoms. The highest BCUT2D eigenvalue weighted by Gasteiger charge is 2.34. The summed E-state index contributed by atoms with van der Waals surface area (Å²) >= 11 is 0.